The first-order valence-electron chi connectivity index (χ1n) is 4.80. The van der Waals surface area contributed by atoms with E-state index in [9.17, 15) is 21.5 Å². The van der Waals surface area contributed by atoms with Crippen LogP contribution in [0.5, 0.6) is 5.75 Å². The molecule has 100 valence electrons. The first-order chi connectivity index (χ1) is 8.31. The smallest absolute Gasteiger partial charge is 0.341 e. The minimum absolute atomic E-state index is 0.0443. The average molecular weight is 280 g/mol. The van der Waals surface area contributed by atoms with Gasteiger partial charge in [0.1, 0.15) is 10.5 Å². The van der Waals surface area contributed by atoms with Crippen molar-refractivity contribution in [2.75, 3.05) is 13.7 Å². The van der Waals surface area contributed by atoms with Gasteiger partial charge in [0.2, 0.25) is 0 Å². The highest BCUT2D eigenvalue weighted by atomic mass is 32.3. The van der Waals surface area contributed by atoms with Crippen molar-refractivity contribution in [2.24, 2.45) is 0 Å². The molecular formula is C10H10F2O5S. The lowest BCUT2D eigenvalue weighted by molar-refractivity contribution is 0.0595. The second kappa shape index (κ2) is 5.30. The molecule has 0 fully saturated rings. The molecule has 8 heteroatoms. The van der Waals surface area contributed by atoms with E-state index in [0.29, 0.717) is 12.1 Å². The van der Waals surface area contributed by atoms with Gasteiger partial charge in [0.15, 0.2) is 11.6 Å². The molecule has 0 aromatic heterocycles. The van der Waals surface area contributed by atoms with Crippen molar-refractivity contribution < 1.29 is 31.0 Å². The third kappa shape index (κ3) is 2.95. The molecule has 0 aliphatic rings. The summed E-state index contributed by atoms with van der Waals surface area (Å²) in [5.74, 6) is -2.66. The molecule has 18 heavy (non-hydrogen) atoms. The lowest BCUT2D eigenvalue weighted by atomic mass is 10.2. The third-order valence-electron chi connectivity index (χ3n) is 1.99. The molecule has 0 amide bonds. The number of hydrogen-bond donors (Lipinski definition) is 0. The molecule has 0 spiro atoms. The largest absolute Gasteiger partial charge is 0.490 e. The van der Waals surface area contributed by atoms with E-state index in [1.165, 1.54) is 0 Å². The average Bonchev–Trinajstić information content (AvgIpc) is 2.29. The van der Waals surface area contributed by atoms with Crippen LogP contribution < -0.4 is 4.74 Å². The first kappa shape index (κ1) is 14.4. The van der Waals surface area contributed by atoms with Crippen LogP contribution >= 0.6 is 0 Å². The van der Waals surface area contributed by atoms with Gasteiger partial charge in [-0.15, -0.1) is 3.89 Å². The zero-order valence-corrected chi connectivity index (χ0v) is 10.4. The molecule has 5 nitrogen and oxygen atoms in total. The van der Waals surface area contributed by atoms with Crippen molar-refractivity contribution in [3.63, 3.8) is 0 Å². The van der Waals surface area contributed by atoms with Crippen LogP contribution in [0.25, 0.3) is 0 Å². The molecule has 0 bridgehead atoms. The van der Waals surface area contributed by atoms with E-state index in [-0.39, 0.29) is 6.61 Å². The van der Waals surface area contributed by atoms with Crippen LogP contribution in [-0.2, 0) is 15.0 Å². The maximum atomic E-state index is 13.6. The summed E-state index contributed by atoms with van der Waals surface area (Å²) in [7, 11) is -4.10. The zero-order chi connectivity index (χ0) is 13.9. The SMILES string of the molecule is CCOc1c(F)cc(S(=O)(=O)F)cc1C(=O)OC. The Balaban J connectivity index is 3.51. The summed E-state index contributed by atoms with van der Waals surface area (Å²) < 4.78 is 56.9. The molecule has 1 rings (SSSR count). The third-order valence-corrected chi connectivity index (χ3v) is 2.79. The van der Waals surface area contributed by atoms with Gasteiger partial charge in [-0.05, 0) is 19.1 Å². The van der Waals surface area contributed by atoms with Gasteiger partial charge in [-0.25, -0.2) is 9.18 Å². The molecule has 1 aromatic carbocycles. The Morgan fingerprint density at radius 3 is 2.44 bits per heavy atom. The summed E-state index contributed by atoms with van der Waals surface area (Å²) in [6, 6.07) is 1.10. The predicted molar refractivity (Wildman–Crippen MR) is 57.2 cm³/mol. The molecule has 0 atom stereocenters. The quantitative estimate of drug-likeness (QED) is 0.620. The predicted octanol–water partition coefficient (Wildman–Crippen LogP) is 1.67. The van der Waals surface area contributed by atoms with Crippen molar-refractivity contribution in [1.82, 2.24) is 0 Å². The Hall–Kier alpha value is -1.70. The van der Waals surface area contributed by atoms with Crippen molar-refractivity contribution in [3.05, 3.63) is 23.5 Å². The molecule has 0 radical (unpaired) electrons. The highest BCUT2D eigenvalue weighted by Gasteiger charge is 2.23. The molecule has 0 N–H and O–H groups in total. The Labute approximate surface area is 103 Å². The van der Waals surface area contributed by atoms with Crippen molar-refractivity contribution in [1.29, 1.82) is 0 Å². The van der Waals surface area contributed by atoms with Crippen molar-refractivity contribution in [3.8, 4) is 5.75 Å². The van der Waals surface area contributed by atoms with Gasteiger partial charge in [-0.2, -0.15) is 8.42 Å². The summed E-state index contributed by atoms with van der Waals surface area (Å²) in [6.45, 7) is 1.59. The van der Waals surface area contributed by atoms with Gasteiger partial charge in [0.05, 0.1) is 13.7 Å². The number of hydrogen-bond acceptors (Lipinski definition) is 5. The van der Waals surface area contributed by atoms with Crippen LogP contribution in [0.2, 0.25) is 0 Å². The number of methoxy groups -OCH3 is 1. The monoisotopic (exact) mass is 280 g/mol. The van der Waals surface area contributed by atoms with Crippen LogP contribution in [0.15, 0.2) is 17.0 Å². The fourth-order valence-corrected chi connectivity index (χ4v) is 1.76. The van der Waals surface area contributed by atoms with Crippen LogP contribution in [0.1, 0.15) is 17.3 Å². The standard InChI is InChI=1S/C10H10F2O5S/c1-3-17-9-7(10(13)16-2)4-6(5-8(9)11)18(12,14)15/h4-5H,3H2,1-2H3. The summed E-state index contributed by atoms with van der Waals surface area (Å²) in [5.41, 5.74) is -0.490. The Bertz CT molecular complexity index is 568. The van der Waals surface area contributed by atoms with Gasteiger partial charge in [0, 0.05) is 0 Å². The molecule has 0 saturated carbocycles. The van der Waals surface area contributed by atoms with Gasteiger partial charge in [0.25, 0.3) is 0 Å². The van der Waals surface area contributed by atoms with E-state index in [0.717, 1.165) is 7.11 Å². The van der Waals surface area contributed by atoms with Gasteiger partial charge >= 0.3 is 16.2 Å². The summed E-state index contributed by atoms with van der Waals surface area (Å²) in [4.78, 5) is 10.4. The Morgan fingerprint density at radius 2 is 2.00 bits per heavy atom. The number of halogens is 2. The second-order valence-corrected chi connectivity index (χ2v) is 4.49. The Kier molecular flexibility index (Phi) is 4.23. The first-order valence-corrected chi connectivity index (χ1v) is 6.19. The van der Waals surface area contributed by atoms with Crippen LogP contribution in [0, 0.1) is 5.82 Å². The molecule has 0 unspecified atom stereocenters. The summed E-state index contributed by atoms with van der Waals surface area (Å²) in [6.07, 6.45) is 0. The number of esters is 1. The molecular weight excluding hydrogens is 270 g/mol. The summed E-state index contributed by atoms with van der Waals surface area (Å²) >= 11 is 0. The minimum Gasteiger partial charge on any atom is -0.490 e. The van der Waals surface area contributed by atoms with Gasteiger partial charge in [-0.3, -0.25) is 0 Å². The van der Waals surface area contributed by atoms with E-state index in [1.807, 2.05) is 0 Å². The fourth-order valence-electron chi connectivity index (χ4n) is 1.26. The van der Waals surface area contributed by atoms with Crippen molar-refractivity contribution >= 4 is 16.2 Å². The molecule has 0 saturated heterocycles. The van der Waals surface area contributed by atoms with Crippen LogP contribution in [-0.4, -0.2) is 28.1 Å². The van der Waals surface area contributed by atoms with Crippen LogP contribution in [0.4, 0.5) is 8.28 Å². The highest BCUT2D eigenvalue weighted by Crippen LogP contribution is 2.28. The molecule has 0 heterocycles. The number of carbonyl (C=O) groups excluding carboxylic acids is 1. The van der Waals surface area contributed by atoms with E-state index in [2.05, 4.69) is 4.74 Å². The van der Waals surface area contributed by atoms with E-state index in [1.54, 1.807) is 6.92 Å². The fraction of sp³-hybridized carbons (Fsp3) is 0.300. The van der Waals surface area contributed by atoms with Gasteiger partial charge < -0.3 is 9.47 Å². The molecule has 1 aromatic rings. The topological polar surface area (TPSA) is 69.7 Å². The minimum atomic E-state index is -5.12. The highest BCUT2D eigenvalue weighted by molar-refractivity contribution is 7.86. The van der Waals surface area contributed by atoms with E-state index < -0.39 is 38.2 Å². The summed E-state index contributed by atoms with van der Waals surface area (Å²) in [5, 5.41) is 0. The maximum absolute atomic E-state index is 13.6. The van der Waals surface area contributed by atoms with Crippen LogP contribution in [0.3, 0.4) is 0 Å². The molecule has 0 aliphatic carbocycles. The molecule has 0 aliphatic heterocycles. The second-order valence-electron chi connectivity index (χ2n) is 3.14. The Morgan fingerprint density at radius 1 is 1.39 bits per heavy atom. The number of benzene rings is 1. The zero-order valence-electron chi connectivity index (χ0n) is 9.57. The van der Waals surface area contributed by atoms with E-state index in [4.69, 9.17) is 4.74 Å². The lowest BCUT2D eigenvalue weighted by Crippen LogP contribution is -2.09. The lowest BCUT2D eigenvalue weighted by Gasteiger charge is -2.10. The van der Waals surface area contributed by atoms with Gasteiger partial charge in [-0.1, -0.05) is 0 Å². The van der Waals surface area contributed by atoms with E-state index >= 15 is 0 Å². The number of ether oxygens (including phenoxy) is 2. The maximum Gasteiger partial charge on any atom is 0.341 e. The van der Waals surface area contributed by atoms with Crippen molar-refractivity contribution in [2.45, 2.75) is 11.8 Å². The normalized spacial score (nSPS) is 11.1. The number of rotatable bonds is 4. The number of carbonyl (C=O) groups is 1.